The standard InChI is InChI=1S/C14H22N2O3S2/c1-11(2)16(7-8-19-3)21(17,18)10-12-5-4-6-13(9-12)14(15)20/h4-6,9,11H,7-8,10H2,1-3H3,(H2,15,20). The molecule has 0 fully saturated rings. The zero-order chi connectivity index (χ0) is 16.0. The van der Waals surface area contributed by atoms with Gasteiger partial charge in [0.15, 0.2) is 0 Å². The van der Waals surface area contributed by atoms with E-state index in [1.165, 1.54) is 4.31 Å². The van der Waals surface area contributed by atoms with Gasteiger partial charge in [-0.2, -0.15) is 4.31 Å². The Morgan fingerprint density at radius 2 is 2.10 bits per heavy atom. The van der Waals surface area contributed by atoms with Crippen molar-refractivity contribution in [3.05, 3.63) is 35.4 Å². The van der Waals surface area contributed by atoms with Gasteiger partial charge in [-0.05, 0) is 25.5 Å². The monoisotopic (exact) mass is 330 g/mol. The fraction of sp³-hybridized carbons (Fsp3) is 0.500. The summed E-state index contributed by atoms with van der Waals surface area (Å²) in [6.45, 7) is 4.40. The highest BCUT2D eigenvalue weighted by molar-refractivity contribution is 7.88. The first-order valence-electron chi connectivity index (χ1n) is 6.65. The Morgan fingerprint density at radius 1 is 1.43 bits per heavy atom. The summed E-state index contributed by atoms with van der Waals surface area (Å²) in [5.41, 5.74) is 6.92. The van der Waals surface area contributed by atoms with Gasteiger partial charge in [0, 0.05) is 25.3 Å². The van der Waals surface area contributed by atoms with Crippen molar-refractivity contribution in [2.45, 2.75) is 25.6 Å². The van der Waals surface area contributed by atoms with Crippen LogP contribution >= 0.6 is 12.2 Å². The summed E-state index contributed by atoms with van der Waals surface area (Å²) in [7, 11) is -1.87. The molecule has 118 valence electrons. The third-order valence-electron chi connectivity index (χ3n) is 3.01. The lowest BCUT2D eigenvalue weighted by Crippen LogP contribution is -2.39. The van der Waals surface area contributed by atoms with E-state index in [0.717, 1.165) is 0 Å². The van der Waals surface area contributed by atoms with Crippen LogP contribution in [0, 0.1) is 0 Å². The Morgan fingerprint density at radius 3 is 2.62 bits per heavy atom. The van der Waals surface area contributed by atoms with Crippen molar-refractivity contribution >= 4 is 27.2 Å². The van der Waals surface area contributed by atoms with Gasteiger partial charge >= 0.3 is 0 Å². The van der Waals surface area contributed by atoms with E-state index < -0.39 is 10.0 Å². The zero-order valence-electron chi connectivity index (χ0n) is 12.6. The minimum absolute atomic E-state index is 0.0780. The average molecular weight is 330 g/mol. The molecule has 1 aromatic rings. The molecule has 0 saturated carbocycles. The molecule has 0 amide bonds. The van der Waals surface area contributed by atoms with Crippen LogP contribution in [-0.4, -0.2) is 44.0 Å². The molecule has 5 nitrogen and oxygen atoms in total. The fourth-order valence-electron chi connectivity index (χ4n) is 2.01. The van der Waals surface area contributed by atoms with Gasteiger partial charge in [0.25, 0.3) is 0 Å². The fourth-order valence-corrected chi connectivity index (χ4v) is 3.90. The minimum Gasteiger partial charge on any atom is -0.389 e. The molecule has 21 heavy (non-hydrogen) atoms. The molecule has 0 radical (unpaired) electrons. The van der Waals surface area contributed by atoms with Crippen molar-refractivity contribution in [2.75, 3.05) is 20.3 Å². The Kier molecular flexibility index (Phi) is 6.73. The lowest BCUT2D eigenvalue weighted by atomic mass is 10.1. The van der Waals surface area contributed by atoms with Crippen molar-refractivity contribution in [1.29, 1.82) is 0 Å². The molecule has 0 aromatic heterocycles. The summed E-state index contributed by atoms with van der Waals surface area (Å²) in [6.07, 6.45) is 0. The predicted molar refractivity (Wildman–Crippen MR) is 88.7 cm³/mol. The molecule has 0 spiro atoms. The van der Waals surface area contributed by atoms with E-state index in [1.807, 2.05) is 13.8 Å². The summed E-state index contributed by atoms with van der Waals surface area (Å²) < 4.78 is 31.5. The number of ether oxygens (including phenoxy) is 1. The van der Waals surface area contributed by atoms with Crippen LogP contribution < -0.4 is 5.73 Å². The van der Waals surface area contributed by atoms with Crippen molar-refractivity contribution in [2.24, 2.45) is 5.73 Å². The molecule has 0 heterocycles. The van der Waals surface area contributed by atoms with E-state index in [4.69, 9.17) is 22.7 Å². The van der Waals surface area contributed by atoms with Crippen LogP contribution in [0.1, 0.15) is 25.0 Å². The predicted octanol–water partition coefficient (Wildman–Crippen LogP) is 1.51. The molecule has 2 N–H and O–H groups in total. The molecular formula is C14H22N2O3S2. The lowest BCUT2D eigenvalue weighted by Gasteiger charge is -2.25. The van der Waals surface area contributed by atoms with Gasteiger partial charge in [0.05, 0.1) is 12.4 Å². The molecule has 0 aliphatic heterocycles. The first kappa shape index (κ1) is 18.0. The Balaban J connectivity index is 2.97. The van der Waals surface area contributed by atoms with Crippen molar-refractivity contribution < 1.29 is 13.2 Å². The Hall–Kier alpha value is -1.02. The number of hydrogen-bond donors (Lipinski definition) is 1. The van der Waals surface area contributed by atoms with Gasteiger partial charge in [-0.1, -0.05) is 30.4 Å². The molecular weight excluding hydrogens is 308 g/mol. The quantitative estimate of drug-likeness (QED) is 0.732. The average Bonchev–Trinajstić information content (AvgIpc) is 2.38. The second-order valence-corrected chi connectivity index (χ2v) is 7.38. The van der Waals surface area contributed by atoms with Gasteiger partial charge in [0.1, 0.15) is 4.99 Å². The summed E-state index contributed by atoms with van der Waals surface area (Å²) >= 11 is 4.91. The molecule has 0 aliphatic carbocycles. The summed E-state index contributed by atoms with van der Waals surface area (Å²) in [5.74, 6) is -0.0780. The van der Waals surface area contributed by atoms with Gasteiger partial charge in [-0.25, -0.2) is 8.42 Å². The van der Waals surface area contributed by atoms with Crippen LogP contribution in [-0.2, 0) is 20.5 Å². The number of benzene rings is 1. The normalized spacial score (nSPS) is 12.0. The van der Waals surface area contributed by atoms with Crippen LogP contribution in [0.3, 0.4) is 0 Å². The number of methoxy groups -OCH3 is 1. The maximum Gasteiger partial charge on any atom is 0.218 e. The van der Waals surface area contributed by atoms with Gasteiger partial charge in [-0.15, -0.1) is 0 Å². The number of rotatable bonds is 8. The van der Waals surface area contributed by atoms with Crippen LogP contribution in [0.25, 0.3) is 0 Å². The van der Waals surface area contributed by atoms with E-state index in [0.29, 0.717) is 24.3 Å². The third-order valence-corrected chi connectivity index (χ3v) is 5.26. The zero-order valence-corrected chi connectivity index (χ0v) is 14.2. The molecule has 0 atom stereocenters. The SMILES string of the molecule is COCCN(C(C)C)S(=O)(=O)Cc1cccc(C(N)=S)c1. The highest BCUT2D eigenvalue weighted by atomic mass is 32.2. The van der Waals surface area contributed by atoms with Crippen LogP contribution in [0.15, 0.2) is 24.3 Å². The summed E-state index contributed by atoms with van der Waals surface area (Å²) in [6, 6.07) is 6.88. The maximum absolute atomic E-state index is 12.5. The van der Waals surface area contributed by atoms with Crippen LogP contribution in [0.2, 0.25) is 0 Å². The van der Waals surface area contributed by atoms with Crippen LogP contribution in [0.4, 0.5) is 0 Å². The summed E-state index contributed by atoms with van der Waals surface area (Å²) in [5, 5.41) is 0. The minimum atomic E-state index is -3.42. The van der Waals surface area contributed by atoms with Gasteiger partial charge in [-0.3, -0.25) is 0 Å². The highest BCUT2D eigenvalue weighted by Gasteiger charge is 2.25. The molecule has 0 saturated heterocycles. The van der Waals surface area contributed by atoms with Gasteiger partial charge < -0.3 is 10.5 Å². The topological polar surface area (TPSA) is 72.6 Å². The lowest BCUT2D eigenvalue weighted by molar-refractivity contribution is 0.171. The number of nitrogens with zero attached hydrogens (tertiary/aromatic N) is 1. The Bertz CT molecular complexity index is 586. The first-order valence-corrected chi connectivity index (χ1v) is 8.67. The van der Waals surface area contributed by atoms with Crippen molar-refractivity contribution in [3.8, 4) is 0 Å². The molecule has 7 heteroatoms. The molecule has 0 aliphatic rings. The smallest absolute Gasteiger partial charge is 0.218 e. The van der Waals surface area contributed by atoms with E-state index in [1.54, 1.807) is 31.4 Å². The van der Waals surface area contributed by atoms with E-state index in [2.05, 4.69) is 0 Å². The van der Waals surface area contributed by atoms with E-state index >= 15 is 0 Å². The molecule has 0 bridgehead atoms. The number of hydrogen-bond acceptors (Lipinski definition) is 4. The van der Waals surface area contributed by atoms with E-state index in [9.17, 15) is 8.42 Å². The maximum atomic E-state index is 12.5. The van der Waals surface area contributed by atoms with Crippen LogP contribution in [0.5, 0.6) is 0 Å². The molecule has 0 unspecified atom stereocenters. The second kappa shape index (κ2) is 7.84. The first-order chi connectivity index (χ1) is 9.77. The van der Waals surface area contributed by atoms with Gasteiger partial charge in [0.2, 0.25) is 10.0 Å². The van der Waals surface area contributed by atoms with Crippen molar-refractivity contribution in [1.82, 2.24) is 4.31 Å². The number of nitrogens with two attached hydrogens (primary N) is 1. The Labute approximate surface area is 132 Å². The number of thiocarbonyl (C=S) groups is 1. The third kappa shape index (κ3) is 5.35. The molecule has 1 aromatic carbocycles. The van der Waals surface area contributed by atoms with Crippen molar-refractivity contribution in [3.63, 3.8) is 0 Å². The second-order valence-electron chi connectivity index (χ2n) is 5.02. The largest absolute Gasteiger partial charge is 0.389 e. The summed E-state index contributed by atoms with van der Waals surface area (Å²) in [4.78, 5) is 0.259. The molecule has 1 rings (SSSR count). The number of sulfonamides is 1. The highest BCUT2D eigenvalue weighted by Crippen LogP contribution is 2.15. The van der Waals surface area contributed by atoms with E-state index in [-0.39, 0.29) is 16.8 Å².